The maximum Gasteiger partial charge on any atom is 0.290 e. The highest BCUT2D eigenvalue weighted by atomic mass is 35.5. The summed E-state index contributed by atoms with van der Waals surface area (Å²) >= 11 is 11.9. The Morgan fingerprint density at radius 2 is 1.48 bits per heavy atom. The monoisotopic (exact) mass is 427 g/mol. The zero-order chi connectivity index (χ0) is 20.5. The molecular formula is C23H16Cl2FNO2. The maximum absolute atomic E-state index is 14.7. The second kappa shape index (κ2) is 7.90. The van der Waals surface area contributed by atoms with Crippen LogP contribution in [0.4, 0.5) is 4.39 Å². The van der Waals surface area contributed by atoms with E-state index in [4.69, 9.17) is 23.2 Å². The summed E-state index contributed by atoms with van der Waals surface area (Å²) in [6.07, 6.45) is 0. The molecule has 0 spiro atoms. The van der Waals surface area contributed by atoms with Gasteiger partial charge >= 0.3 is 0 Å². The number of aliphatic hydroxyl groups excluding tert-OH is 1. The van der Waals surface area contributed by atoms with Crippen molar-refractivity contribution in [1.82, 2.24) is 4.90 Å². The van der Waals surface area contributed by atoms with Gasteiger partial charge in [-0.2, -0.15) is 0 Å². The van der Waals surface area contributed by atoms with E-state index in [9.17, 15) is 14.3 Å². The topological polar surface area (TPSA) is 40.5 Å². The zero-order valence-electron chi connectivity index (χ0n) is 15.1. The molecule has 0 aliphatic carbocycles. The van der Waals surface area contributed by atoms with Crippen LogP contribution in [-0.4, -0.2) is 15.9 Å². The highest BCUT2D eigenvalue weighted by Gasteiger charge is 2.42. The number of aliphatic hydroxyl groups is 1. The van der Waals surface area contributed by atoms with Gasteiger partial charge in [0.1, 0.15) is 5.82 Å². The van der Waals surface area contributed by atoms with Gasteiger partial charge in [-0.05, 0) is 41.5 Å². The number of benzene rings is 3. The van der Waals surface area contributed by atoms with E-state index in [-0.39, 0.29) is 6.54 Å². The summed E-state index contributed by atoms with van der Waals surface area (Å²) in [7, 11) is 0. The molecule has 1 N–H and O–H groups in total. The lowest BCUT2D eigenvalue weighted by atomic mass is 9.93. The lowest BCUT2D eigenvalue weighted by Crippen LogP contribution is -2.30. The van der Waals surface area contributed by atoms with Gasteiger partial charge in [0, 0.05) is 27.7 Å². The summed E-state index contributed by atoms with van der Waals surface area (Å²) in [5, 5.41) is 11.8. The minimum absolute atomic E-state index is 0.191. The lowest BCUT2D eigenvalue weighted by molar-refractivity contribution is -0.130. The first-order valence-electron chi connectivity index (χ1n) is 8.94. The van der Waals surface area contributed by atoms with Crippen molar-refractivity contribution in [1.29, 1.82) is 0 Å². The van der Waals surface area contributed by atoms with E-state index in [1.54, 1.807) is 66.7 Å². The van der Waals surface area contributed by atoms with E-state index in [0.29, 0.717) is 26.7 Å². The van der Waals surface area contributed by atoms with Gasteiger partial charge in [-0.3, -0.25) is 4.79 Å². The van der Waals surface area contributed by atoms with Crippen LogP contribution in [0.5, 0.6) is 0 Å². The summed E-state index contributed by atoms with van der Waals surface area (Å²) in [5.41, 5.74) is 2.08. The van der Waals surface area contributed by atoms with Crippen LogP contribution in [0, 0.1) is 5.82 Å². The molecule has 3 aromatic rings. The average Bonchev–Trinajstić information content (AvgIpc) is 2.95. The summed E-state index contributed by atoms with van der Waals surface area (Å²) in [6.45, 7) is 0.191. The molecule has 0 bridgehead atoms. The van der Waals surface area contributed by atoms with E-state index in [0.717, 1.165) is 5.56 Å². The predicted molar refractivity (Wildman–Crippen MR) is 112 cm³/mol. The molecule has 0 aromatic heterocycles. The van der Waals surface area contributed by atoms with Crippen LogP contribution in [0.1, 0.15) is 22.7 Å². The van der Waals surface area contributed by atoms with Crippen molar-refractivity contribution in [3.8, 4) is 0 Å². The van der Waals surface area contributed by atoms with Crippen molar-refractivity contribution in [2.45, 2.75) is 12.6 Å². The third-order valence-corrected chi connectivity index (χ3v) is 5.43. The van der Waals surface area contributed by atoms with Crippen molar-refractivity contribution in [2.24, 2.45) is 0 Å². The average molecular weight is 428 g/mol. The molecule has 0 saturated heterocycles. The molecule has 3 nitrogen and oxygen atoms in total. The van der Waals surface area contributed by atoms with Crippen molar-refractivity contribution >= 4 is 34.7 Å². The second-order valence-corrected chi connectivity index (χ2v) is 7.63. The molecule has 1 atom stereocenters. The number of carbonyl (C=O) groups is 1. The fourth-order valence-electron chi connectivity index (χ4n) is 3.55. The van der Waals surface area contributed by atoms with Crippen LogP contribution in [0.15, 0.2) is 78.6 Å². The van der Waals surface area contributed by atoms with Crippen LogP contribution in [0.3, 0.4) is 0 Å². The number of rotatable bonds is 4. The minimum atomic E-state index is -0.777. The molecule has 0 fully saturated rings. The number of hydrogen-bond acceptors (Lipinski definition) is 2. The highest BCUT2D eigenvalue weighted by molar-refractivity contribution is 6.30. The van der Waals surface area contributed by atoms with E-state index >= 15 is 0 Å². The van der Waals surface area contributed by atoms with Crippen LogP contribution in [0.2, 0.25) is 10.0 Å². The van der Waals surface area contributed by atoms with E-state index < -0.39 is 23.5 Å². The molecule has 3 aromatic carbocycles. The summed E-state index contributed by atoms with van der Waals surface area (Å²) < 4.78 is 14.7. The summed E-state index contributed by atoms with van der Waals surface area (Å²) in [4.78, 5) is 14.4. The largest absolute Gasteiger partial charge is 0.503 e. The first-order valence-corrected chi connectivity index (χ1v) is 9.70. The Kier molecular flexibility index (Phi) is 5.31. The third kappa shape index (κ3) is 3.74. The molecule has 1 heterocycles. The van der Waals surface area contributed by atoms with Gasteiger partial charge in [-0.15, -0.1) is 0 Å². The predicted octanol–water partition coefficient (Wildman–Crippen LogP) is 6.19. The summed E-state index contributed by atoms with van der Waals surface area (Å²) in [5.74, 6) is -1.40. The Morgan fingerprint density at radius 1 is 0.897 bits per heavy atom. The molecule has 1 aliphatic rings. The summed E-state index contributed by atoms with van der Waals surface area (Å²) in [6, 6.07) is 19.3. The van der Waals surface area contributed by atoms with E-state index in [1.807, 2.05) is 0 Å². The minimum Gasteiger partial charge on any atom is -0.503 e. The van der Waals surface area contributed by atoms with Gasteiger partial charge in [0.05, 0.1) is 6.04 Å². The van der Waals surface area contributed by atoms with Gasteiger partial charge in [0.15, 0.2) is 5.76 Å². The van der Waals surface area contributed by atoms with E-state index in [2.05, 4.69) is 0 Å². The van der Waals surface area contributed by atoms with Crippen molar-refractivity contribution in [3.05, 3.63) is 111 Å². The fraction of sp³-hybridized carbons (Fsp3) is 0.0870. The maximum atomic E-state index is 14.7. The van der Waals surface area contributed by atoms with Crippen LogP contribution < -0.4 is 0 Å². The molecule has 0 saturated carbocycles. The molecule has 0 radical (unpaired) electrons. The Balaban J connectivity index is 1.83. The number of nitrogens with zero attached hydrogens (tertiary/aromatic N) is 1. The Hall–Kier alpha value is -2.82. The SMILES string of the molecule is O=C1C(O)=C(c2ccc(Cl)cc2)C(c2ccccc2F)N1Cc1ccc(Cl)cc1. The van der Waals surface area contributed by atoms with Gasteiger partial charge in [-0.25, -0.2) is 4.39 Å². The van der Waals surface area contributed by atoms with E-state index in [1.165, 1.54) is 11.0 Å². The fourth-order valence-corrected chi connectivity index (χ4v) is 3.80. The van der Waals surface area contributed by atoms with Crippen molar-refractivity contribution < 1.29 is 14.3 Å². The smallest absolute Gasteiger partial charge is 0.290 e. The Morgan fingerprint density at radius 3 is 2.10 bits per heavy atom. The first kappa shape index (κ1) is 19.5. The van der Waals surface area contributed by atoms with Crippen molar-refractivity contribution in [2.75, 3.05) is 0 Å². The normalized spacial score (nSPS) is 16.6. The van der Waals surface area contributed by atoms with Gasteiger partial charge in [0.25, 0.3) is 5.91 Å². The van der Waals surface area contributed by atoms with Crippen molar-refractivity contribution in [3.63, 3.8) is 0 Å². The molecule has 146 valence electrons. The number of halogens is 3. The Labute approximate surface area is 177 Å². The molecule has 6 heteroatoms. The van der Waals surface area contributed by atoms with Crippen LogP contribution in [0.25, 0.3) is 5.57 Å². The zero-order valence-corrected chi connectivity index (χ0v) is 16.7. The molecule has 1 amide bonds. The third-order valence-electron chi connectivity index (χ3n) is 4.92. The van der Waals surface area contributed by atoms with Gasteiger partial charge in [-0.1, -0.05) is 65.7 Å². The standard InChI is InChI=1S/C23H16Cl2FNO2/c24-16-9-5-14(6-10-16)13-27-21(18-3-1-2-4-19(18)26)20(22(28)23(27)29)15-7-11-17(25)12-8-15/h1-12,21,28H,13H2. The quantitative estimate of drug-likeness (QED) is 0.539. The van der Waals surface area contributed by atoms with Crippen LogP contribution >= 0.6 is 23.2 Å². The second-order valence-electron chi connectivity index (χ2n) is 6.75. The molecular weight excluding hydrogens is 412 g/mol. The number of hydrogen-bond donors (Lipinski definition) is 1. The van der Waals surface area contributed by atoms with Gasteiger partial charge < -0.3 is 10.0 Å². The lowest BCUT2D eigenvalue weighted by Gasteiger charge is -2.28. The molecule has 29 heavy (non-hydrogen) atoms. The first-order chi connectivity index (χ1) is 14.0. The Bertz CT molecular complexity index is 1090. The van der Waals surface area contributed by atoms with Crippen LogP contribution in [-0.2, 0) is 11.3 Å². The molecule has 4 rings (SSSR count). The van der Waals surface area contributed by atoms with Gasteiger partial charge in [0.2, 0.25) is 0 Å². The molecule has 1 unspecified atom stereocenters. The molecule has 1 aliphatic heterocycles. The number of amides is 1. The number of carbonyl (C=O) groups excluding carboxylic acids is 1. The highest BCUT2D eigenvalue weighted by Crippen LogP contribution is 2.44.